The van der Waals surface area contributed by atoms with Gasteiger partial charge in [0.15, 0.2) is 0 Å². The van der Waals surface area contributed by atoms with Gasteiger partial charge in [0.25, 0.3) is 10.0 Å². The highest BCUT2D eigenvalue weighted by Gasteiger charge is 2.20. The van der Waals surface area contributed by atoms with Crippen molar-refractivity contribution in [2.24, 2.45) is 5.73 Å². The van der Waals surface area contributed by atoms with Crippen molar-refractivity contribution in [2.45, 2.75) is 11.8 Å². The number of benzene rings is 2. The maximum atomic E-state index is 13.0. The van der Waals surface area contributed by atoms with Crippen LogP contribution in [0.1, 0.15) is 11.1 Å². The van der Waals surface area contributed by atoms with Gasteiger partial charge in [0.05, 0.1) is 10.4 Å². The quantitative estimate of drug-likeness (QED) is 0.741. The molecule has 1 aromatic heterocycles. The summed E-state index contributed by atoms with van der Waals surface area (Å²) in [4.78, 5) is 11.2. The standard InChI is InChI=1S/C18H16N2O3S/c1-13-6-9-15(10-7-13)24(22,23)20-12-14(8-11-18(19)21)16-4-2-3-5-17(16)20/h2-12H,1H3,(H2,19,21)/b11-8-. The zero-order chi connectivity index (χ0) is 17.3. The van der Waals surface area contributed by atoms with E-state index in [2.05, 4.69) is 0 Å². The molecule has 6 heteroatoms. The van der Waals surface area contributed by atoms with Gasteiger partial charge in [-0.3, -0.25) is 4.79 Å². The van der Waals surface area contributed by atoms with Crippen molar-refractivity contribution in [3.05, 3.63) is 71.9 Å². The number of hydrogen-bond acceptors (Lipinski definition) is 3. The highest BCUT2D eigenvalue weighted by atomic mass is 32.2. The van der Waals surface area contributed by atoms with Gasteiger partial charge in [-0.1, -0.05) is 35.9 Å². The second-order valence-electron chi connectivity index (χ2n) is 5.45. The number of fused-ring (bicyclic) bond motifs is 1. The third-order valence-corrected chi connectivity index (χ3v) is 5.40. The van der Waals surface area contributed by atoms with E-state index in [1.54, 1.807) is 42.5 Å². The molecule has 2 aromatic carbocycles. The van der Waals surface area contributed by atoms with E-state index in [-0.39, 0.29) is 4.90 Å². The van der Waals surface area contributed by atoms with E-state index in [1.165, 1.54) is 22.3 Å². The minimum atomic E-state index is -3.73. The lowest BCUT2D eigenvalue weighted by molar-refractivity contribution is -0.113. The number of nitrogens with zero attached hydrogens (tertiary/aromatic N) is 1. The molecule has 1 amide bonds. The van der Waals surface area contributed by atoms with Gasteiger partial charge in [-0.2, -0.15) is 0 Å². The fourth-order valence-corrected chi connectivity index (χ4v) is 3.88. The number of rotatable bonds is 4. The smallest absolute Gasteiger partial charge is 0.268 e. The van der Waals surface area contributed by atoms with Gasteiger partial charge >= 0.3 is 0 Å². The summed E-state index contributed by atoms with van der Waals surface area (Å²) < 4.78 is 27.1. The largest absolute Gasteiger partial charge is 0.366 e. The second-order valence-corrected chi connectivity index (χ2v) is 7.27. The van der Waals surface area contributed by atoms with Crippen LogP contribution >= 0.6 is 0 Å². The van der Waals surface area contributed by atoms with Crippen LogP contribution in [0.2, 0.25) is 0 Å². The van der Waals surface area contributed by atoms with Gasteiger partial charge in [0.1, 0.15) is 0 Å². The Morgan fingerprint density at radius 3 is 2.42 bits per heavy atom. The Morgan fingerprint density at radius 1 is 1.08 bits per heavy atom. The number of amides is 1. The molecular weight excluding hydrogens is 324 g/mol. The Hall–Kier alpha value is -2.86. The lowest BCUT2D eigenvalue weighted by atomic mass is 10.1. The molecule has 0 spiro atoms. The lowest BCUT2D eigenvalue weighted by Gasteiger charge is -2.07. The van der Waals surface area contributed by atoms with E-state index < -0.39 is 15.9 Å². The average molecular weight is 340 g/mol. The van der Waals surface area contributed by atoms with Crippen molar-refractivity contribution in [3.63, 3.8) is 0 Å². The third-order valence-electron chi connectivity index (χ3n) is 3.71. The molecule has 0 radical (unpaired) electrons. The SMILES string of the molecule is Cc1ccc(S(=O)(=O)n2cc(/C=C\C(N)=O)c3ccccc32)cc1. The van der Waals surface area contributed by atoms with E-state index in [9.17, 15) is 13.2 Å². The van der Waals surface area contributed by atoms with Crippen molar-refractivity contribution in [2.75, 3.05) is 0 Å². The van der Waals surface area contributed by atoms with E-state index in [0.29, 0.717) is 11.1 Å². The minimum Gasteiger partial charge on any atom is -0.366 e. The Labute approximate surface area is 140 Å². The average Bonchev–Trinajstić information content (AvgIpc) is 2.93. The van der Waals surface area contributed by atoms with Gasteiger partial charge in [-0.05, 0) is 31.2 Å². The lowest BCUT2D eigenvalue weighted by Crippen LogP contribution is -2.11. The van der Waals surface area contributed by atoms with Crippen molar-refractivity contribution in [1.82, 2.24) is 3.97 Å². The van der Waals surface area contributed by atoms with Gasteiger partial charge in [-0.15, -0.1) is 0 Å². The topological polar surface area (TPSA) is 82.2 Å². The summed E-state index contributed by atoms with van der Waals surface area (Å²) in [5, 5.41) is 0.727. The monoisotopic (exact) mass is 340 g/mol. The van der Waals surface area contributed by atoms with E-state index in [0.717, 1.165) is 10.9 Å². The van der Waals surface area contributed by atoms with Crippen LogP contribution < -0.4 is 5.73 Å². The molecule has 0 atom stereocenters. The van der Waals surface area contributed by atoms with Crippen molar-refractivity contribution >= 4 is 32.9 Å². The number of para-hydroxylation sites is 1. The molecule has 5 nitrogen and oxygen atoms in total. The first-order valence-corrected chi connectivity index (χ1v) is 8.73. The molecule has 1 heterocycles. The molecule has 0 saturated carbocycles. The molecule has 0 bridgehead atoms. The minimum absolute atomic E-state index is 0.208. The zero-order valence-electron chi connectivity index (χ0n) is 13.0. The maximum Gasteiger partial charge on any atom is 0.268 e. The van der Waals surface area contributed by atoms with Crippen molar-refractivity contribution < 1.29 is 13.2 Å². The number of carbonyl (C=O) groups excluding carboxylic acids is 1. The molecule has 0 aliphatic rings. The summed E-state index contributed by atoms with van der Waals surface area (Å²) in [6, 6.07) is 13.8. The maximum absolute atomic E-state index is 13.0. The fraction of sp³-hybridized carbons (Fsp3) is 0.0556. The summed E-state index contributed by atoms with van der Waals surface area (Å²) in [7, 11) is -3.73. The first-order valence-electron chi connectivity index (χ1n) is 7.29. The summed E-state index contributed by atoms with van der Waals surface area (Å²) in [6.07, 6.45) is 4.23. The van der Waals surface area contributed by atoms with Crippen LogP contribution in [0, 0.1) is 6.92 Å². The molecule has 0 aliphatic heterocycles. The van der Waals surface area contributed by atoms with Crippen LogP contribution in [0.15, 0.2) is 65.7 Å². The van der Waals surface area contributed by atoms with E-state index in [4.69, 9.17) is 5.73 Å². The summed E-state index contributed by atoms with van der Waals surface area (Å²) in [5.41, 5.74) is 7.27. The Morgan fingerprint density at radius 2 is 1.75 bits per heavy atom. The van der Waals surface area contributed by atoms with Gasteiger partial charge in [0.2, 0.25) is 5.91 Å². The first kappa shape index (κ1) is 16.0. The van der Waals surface area contributed by atoms with Gasteiger partial charge in [-0.25, -0.2) is 12.4 Å². The van der Waals surface area contributed by atoms with E-state index >= 15 is 0 Å². The number of primary amides is 1. The Bertz CT molecular complexity index is 1050. The summed E-state index contributed by atoms with van der Waals surface area (Å²) in [5.74, 6) is -0.590. The first-order chi connectivity index (χ1) is 11.4. The molecule has 3 aromatic rings. The molecule has 0 saturated heterocycles. The highest BCUT2D eigenvalue weighted by molar-refractivity contribution is 7.90. The van der Waals surface area contributed by atoms with E-state index in [1.807, 2.05) is 13.0 Å². The van der Waals surface area contributed by atoms with Crippen LogP contribution in [0.25, 0.3) is 17.0 Å². The summed E-state index contributed by atoms with van der Waals surface area (Å²) in [6.45, 7) is 1.90. The molecule has 24 heavy (non-hydrogen) atoms. The molecular formula is C18H16N2O3S. The normalized spacial score (nSPS) is 12.0. The molecule has 2 N–H and O–H groups in total. The Balaban J connectivity index is 2.22. The zero-order valence-corrected chi connectivity index (χ0v) is 13.8. The van der Waals surface area contributed by atoms with Crippen LogP contribution in [0.3, 0.4) is 0 Å². The molecule has 3 rings (SSSR count). The predicted molar refractivity (Wildman–Crippen MR) is 93.9 cm³/mol. The third kappa shape index (κ3) is 2.83. The van der Waals surface area contributed by atoms with Crippen LogP contribution in [0.4, 0.5) is 0 Å². The van der Waals surface area contributed by atoms with Crippen molar-refractivity contribution in [3.8, 4) is 0 Å². The second kappa shape index (κ2) is 5.98. The molecule has 122 valence electrons. The molecule has 0 fully saturated rings. The van der Waals surface area contributed by atoms with Crippen LogP contribution in [-0.2, 0) is 14.8 Å². The predicted octanol–water partition coefficient (Wildman–Crippen LogP) is 2.69. The number of hydrogen-bond donors (Lipinski definition) is 1. The number of aryl methyl sites for hydroxylation is 1. The molecule has 0 unspecified atom stereocenters. The number of carbonyl (C=O) groups is 1. The molecule has 0 aliphatic carbocycles. The van der Waals surface area contributed by atoms with Crippen molar-refractivity contribution in [1.29, 1.82) is 0 Å². The van der Waals surface area contributed by atoms with Crippen LogP contribution in [-0.4, -0.2) is 18.3 Å². The number of nitrogens with two attached hydrogens (primary N) is 1. The van der Waals surface area contributed by atoms with Crippen LogP contribution in [0.5, 0.6) is 0 Å². The summed E-state index contributed by atoms with van der Waals surface area (Å²) >= 11 is 0. The van der Waals surface area contributed by atoms with Gasteiger partial charge in [0, 0.05) is 23.2 Å². The number of aromatic nitrogens is 1. The Kier molecular flexibility index (Phi) is 3.99. The van der Waals surface area contributed by atoms with Gasteiger partial charge < -0.3 is 5.73 Å². The highest BCUT2D eigenvalue weighted by Crippen LogP contribution is 2.27. The fourth-order valence-electron chi connectivity index (χ4n) is 2.50.